The van der Waals surface area contributed by atoms with Crippen molar-refractivity contribution in [2.24, 2.45) is 7.05 Å². The number of ether oxygens (including phenoxy) is 5. The molecule has 0 unspecified atom stereocenters. The molecule has 5 rings (SSSR count). The molecule has 256 valence electrons. The predicted molar refractivity (Wildman–Crippen MR) is 179 cm³/mol. The fourth-order valence-electron chi connectivity index (χ4n) is 6.01. The van der Waals surface area contributed by atoms with Crippen molar-refractivity contribution in [3.05, 3.63) is 69.6 Å². The average molecular weight is 681 g/mol. The van der Waals surface area contributed by atoms with E-state index in [1.54, 1.807) is 29.7 Å². The van der Waals surface area contributed by atoms with Gasteiger partial charge in [0.15, 0.2) is 0 Å². The van der Waals surface area contributed by atoms with E-state index in [1.807, 2.05) is 55.8 Å². The second kappa shape index (κ2) is 14.3. The minimum atomic E-state index is -0.666. The third-order valence-electron chi connectivity index (χ3n) is 8.22. The molecule has 12 nitrogen and oxygen atoms in total. The van der Waals surface area contributed by atoms with Gasteiger partial charge < -0.3 is 33.2 Å². The summed E-state index contributed by atoms with van der Waals surface area (Å²) in [5.74, 6) is -0.201. The third-order valence-corrected chi connectivity index (χ3v) is 8.53. The fraction of sp³-hybridized carbons (Fsp3) is 0.429. The second-order valence-electron chi connectivity index (χ2n) is 12.5. The first-order valence-electron chi connectivity index (χ1n) is 15.6. The van der Waals surface area contributed by atoms with Crippen molar-refractivity contribution in [3.8, 4) is 16.9 Å². The van der Waals surface area contributed by atoms with Crippen LogP contribution in [0, 0.1) is 0 Å². The van der Waals surface area contributed by atoms with Gasteiger partial charge in [0.25, 0.3) is 0 Å². The maximum absolute atomic E-state index is 13.2. The molecule has 3 heterocycles. The highest BCUT2D eigenvalue weighted by molar-refractivity contribution is 6.35. The van der Waals surface area contributed by atoms with Gasteiger partial charge in [0.05, 0.1) is 69.6 Å². The molecule has 0 saturated carbocycles. The summed E-state index contributed by atoms with van der Waals surface area (Å²) in [6, 6.07) is 11.2. The highest BCUT2D eigenvalue weighted by Gasteiger charge is 2.33. The Balaban J connectivity index is 1.65. The molecule has 0 fully saturated rings. The van der Waals surface area contributed by atoms with E-state index in [4.69, 9.17) is 40.4 Å². The van der Waals surface area contributed by atoms with Crippen LogP contribution in [0.2, 0.25) is 5.02 Å². The number of aryl methyl sites for hydroxylation is 2. The zero-order valence-corrected chi connectivity index (χ0v) is 29.1. The van der Waals surface area contributed by atoms with Gasteiger partial charge in [-0.15, -0.1) is 0 Å². The first-order chi connectivity index (χ1) is 22.9. The van der Waals surface area contributed by atoms with E-state index in [9.17, 15) is 14.4 Å². The number of rotatable bonds is 10. The van der Waals surface area contributed by atoms with E-state index in [2.05, 4.69) is 0 Å². The minimum Gasteiger partial charge on any atom is -0.497 e. The third kappa shape index (κ3) is 7.14. The Labute approximate surface area is 284 Å². The number of hydrogen-bond acceptors (Lipinski definition) is 9. The van der Waals surface area contributed by atoms with Crippen LogP contribution in [-0.2, 0) is 63.5 Å². The molecule has 0 saturated heterocycles. The van der Waals surface area contributed by atoms with Crippen molar-refractivity contribution in [2.75, 3.05) is 27.9 Å². The number of methoxy groups -OCH3 is 3. The van der Waals surface area contributed by atoms with Crippen molar-refractivity contribution in [3.63, 3.8) is 0 Å². The molecule has 2 aromatic carbocycles. The van der Waals surface area contributed by atoms with Crippen LogP contribution >= 0.6 is 11.6 Å². The van der Waals surface area contributed by atoms with Gasteiger partial charge in [0, 0.05) is 36.5 Å². The fourth-order valence-corrected chi connectivity index (χ4v) is 6.26. The summed E-state index contributed by atoms with van der Waals surface area (Å²) in [7, 11) is 6.02. The van der Waals surface area contributed by atoms with E-state index >= 15 is 0 Å². The van der Waals surface area contributed by atoms with Crippen LogP contribution < -0.4 is 4.74 Å². The number of hydrogen-bond donors (Lipinski definition) is 0. The van der Waals surface area contributed by atoms with E-state index in [1.165, 1.54) is 14.2 Å². The molecule has 0 spiro atoms. The lowest BCUT2D eigenvalue weighted by Crippen LogP contribution is -2.41. The van der Waals surface area contributed by atoms with Crippen LogP contribution in [0.3, 0.4) is 0 Å². The quantitative estimate of drug-likeness (QED) is 0.145. The van der Waals surface area contributed by atoms with Crippen molar-refractivity contribution >= 4 is 40.5 Å². The van der Waals surface area contributed by atoms with Crippen LogP contribution in [0.15, 0.2) is 36.4 Å². The Morgan fingerprint density at radius 2 is 1.67 bits per heavy atom. The van der Waals surface area contributed by atoms with E-state index < -0.39 is 23.6 Å². The smallest absolute Gasteiger partial charge is 0.410 e. The maximum atomic E-state index is 13.2. The lowest BCUT2D eigenvalue weighted by Gasteiger charge is -2.31. The predicted octanol–water partition coefficient (Wildman–Crippen LogP) is 6.06. The van der Waals surface area contributed by atoms with Crippen molar-refractivity contribution in [1.29, 1.82) is 0 Å². The summed E-state index contributed by atoms with van der Waals surface area (Å²) in [6.45, 7) is 7.00. The van der Waals surface area contributed by atoms with Gasteiger partial charge in [-0.2, -0.15) is 5.10 Å². The van der Waals surface area contributed by atoms with Gasteiger partial charge >= 0.3 is 18.0 Å². The molecule has 13 heteroatoms. The van der Waals surface area contributed by atoms with Crippen molar-refractivity contribution in [2.45, 2.75) is 65.5 Å². The number of benzene rings is 2. The van der Waals surface area contributed by atoms with Crippen molar-refractivity contribution < 1.29 is 38.1 Å². The Morgan fingerprint density at radius 3 is 2.31 bits per heavy atom. The first-order valence-corrected chi connectivity index (χ1v) is 16.0. The van der Waals surface area contributed by atoms with Crippen LogP contribution in [0.4, 0.5) is 4.79 Å². The zero-order valence-electron chi connectivity index (χ0n) is 28.3. The van der Waals surface area contributed by atoms with Gasteiger partial charge in [-0.05, 0) is 56.5 Å². The standard InChI is InChI=1S/C35H41ClN4O8/c1-35(2,3)48-34(43)39-16-17-40-27(18-39)30(26(37-40)20-47-19-21-8-10-22(44-5)11-9-21)29-25(36)14-12-23-24(13-15-28(41)45-6)32(33(42)46-7)38(4)31(23)29/h8-12,14H,13,15-20H2,1-7H3. The number of carbonyl (C=O) groups excluding carboxylic acids is 3. The van der Waals surface area contributed by atoms with E-state index in [-0.39, 0.29) is 26.0 Å². The summed E-state index contributed by atoms with van der Waals surface area (Å²) in [4.78, 5) is 40.2. The van der Waals surface area contributed by atoms with Gasteiger partial charge in [0.1, 0.15) is 17.0 Å². The van der Waals surface area contributed by atoms with Crippen LogP contribution in [0.5, 0.6) is 5.75 Å². The molecular weight excluding hydrogens is 640 g/mol. The Hall–Kier alpha value is -4.55. The minimum absolute atomic E-state index is 0.0655. The van der Waals surface area contributed by atoms with Gasteiger partial charge in [0.2, 0.25) is 0 Å². The number of carbonyl (C=O) groups is 3. The monoisotopic (exact) mass is 680 g/mol. The molecule has 2 aromatic heterocycles. The number of nitrogens with zero attached hydrogens (tertiary/aromatic N) is 4. The molecular formula is C35H41ClN4O8. The van der Waals surface area contributed by atoms with Crippen LogP contribution in [-0.4, -0.2) is 70.8 Å². The summed E-state index contributed by atoms with van der Waals surface area (Å²) in [6.07, 6.45) is -0.124. The highest BCUT2D eigenvalue weighted by Crippen LogP contribution is 2.43. The lowest BCUT2D eigenvalue weighted by atomic mass is 9.97. The lowest BCUT2D eigenvalue weighted by molar-refractivity contribution is -0.140. The van der Waals surface area contributed by atoms with Gasteiger partial charge in [-0.25, -0.2) is 9.59 Å². The van der Waals surface area contributed by atoms with E-state index in [0.29, 0.717) is 58.3 Å². The zero-order chi connectivity index (χ0) is 34.7. The largest absolute Gasteiger partial charge is 0.497 e. The summed E-state index contributed by atoms with van der Waals surface area (Å²) in [5.41, 5.74) is 4.58. The SMILES string of the molecule is COC(=O)CCc1c(C(=O)OC)n(C)c2c(-c3c(COCc4ccc(OC)cc4)nn4c3CN(C(=O)OC(C)(C)C)CC4)c(Cl)ccc12. The average Bonchev–Trinajstić information content (AvgIpc) is 3.56. The maximum Gasteiger partial charge on any atom is 0.410 e. The second-order valence-corrected chi connectivity index (χ2v) is 12.9. The molecule has 1 aliphatic heterocycles. The molecule has 4 aromatic rings. The number of halogens is 1. The van der Waals surface area contributed by atoms with E-state index in [0.717, 1.165) is 22.4 Å². The highest BCUT2D eigenvalue weighted by atomic mass is 35.5. The van der Waals surface area contributed by atoms with Gasteiger partial charge in [-0.3, -0.25) is 9.48 Å². The Kier molecular flexibility index (Phi) is 10.4. The topological polar surface area (TPSA) is 123 Å². The van der Waals surface area contributed by atoms with Gasteiger partial charge in [-0.1, -0.05) is 29.8 Å². The normalized spacial score (nSPS) is 13.0. The number of fused-ring (bicyclic) bond motifs is 2. The molecule has 0 radical (unpaired) electrons. The number of amides is 1. The molecule has 1 amide bonds. The Morgan fingerprint density at radius 1 is 0.938 bits per heavy atom. The molecule has 1 aliphatic rings. The van der Waals surface area contributed by atoms with Crippen LogP contribution in [0.1, 0.15) is 60.2 Å². The summed E-state index contributed by atoms with van der Waals surface area (Å²) >= 11 is 7.05. The van der Waals surface area contributed by atoms with Crippen molar-refractivity contribution in [1.82, 2.24) is 19.2 Å². The number of aromatic nitrogens is 3. The first kappa shape index (κ1) is 34.8. The van der Waals surface area contributed by atoms with Crippen LogP contribution in [0.25, 0.3) is 22.0 Å². The molecule has 0 bridgehead atoms. The Bertz CT molecular complexity index is 1840. The molecule has 0 N–H and O–H groups in total. The summed E-state index contributed by atoms with van der Waals surface area (Å²) in [5, 5.41) is 6.10. The molecule has 0 atom stereocenters. The summed E-state index contributed by atoms with van der Waals surface area (Å²) < 4.78 is 30.9. The molecule has 0 aliphatic carbocycles. The molecule has 48 heavy (non-hydrogen) atoms. The number of esters is 2.